The van der Waals surface area contributed by atoms with Crippen LogP contribution in [-0.4, -0.2) is 4.98 Å². The van der Waals surface area contributed by atoms with Crippen molar-refractivity contribution >= 4 is 17.3 Å². The van der Waals surface area contributed by atoms with Crippen LogP contribution in [0.1, 0.15) is 31.9 Å². The molecule has 0 aliphatic rings. The Bertz CT molecular complexity index is 541. The van der Waals surface area contributed by atoms with Crippen LogP contribution in [0.5, 0.6) is 0 Å². The van der Waals surface area contributed by atoms with Crippen LogP contribution in [0.3, 0.4) is 0 Å². The van der Waals surface area contributed by atoms with Crippen LogP contribution in [0.25, 0.3) is 0 Å². The second-order valence-corrected chi connectivity index (χ2v) is 6.06. The van der Waals surface area contributed by atoms with Crippen LogP contribution in [0, 0.1) is 0 Å². The highest BCUT2D eigenvalue weighted by Gasteiger charge is 2.12. The van der Waals surface area contributed by atoms with E-state index in [2.05, 4.69) is 55.3 Å². The van der Waals surface area contributed by atoms with Crippen LogP contribution in [-0.2, 0) is 12.0 Å². The molecule has 0 radical (unpaired) electrons. The molecule has 3 heteroatoms. The summed E-state index contributed by atoms with van der Waals surface area (Å²) < 4.78 is 0. The van der Waals surface area contributed by atoms with E-state index in [1.165, 1.54) is 5.56 Å². The summed E-state index contributed by atoms with van der Waals surface area (Å²) in [6, 6.07) is 10.5. The van der Waals surface area contributed by atoms with E-state index >= 15 is 0 Å². The highest BCUT2D eigenvalue weighted by Crippen LogP contribution is 2.24. The average molecular weight is 275 g/mol. The molecule has 0 fully saturated rings. The van der Waals surface area contributed by atoms with Gasteiger partial charge in [0.1, 0.15) is 0 Å². The molecule has 100 valence electrons. The maximum absolute atomic E-state index is 6.07. The largest absolute Gasteiger partial charge is 0.381 e. The maximum Gasteiger partial charge on any atom is 0.0639 e. The van der Waals surface area contributed by atoms with Gasteiger partial charge in [0.2, 0.25) is 0 Å². The molecule has 0 spiro atoms. The summed E-state index contributed by atoms with van der Waals surface area (Å²) in [5.41, 5.74) is 3.67. The second-order valence-electron chi connectivity index (χ2n) is 5.65. The van der Waals surface area contributed by atoms with Crippen molar-refractivity contribution in [2.75, 3.05) is 5.32 Å². The molecule has 2 rings (SSSR count). The minimum atomic E-state index is 0.187. The molecule has 0 unspecified atom stereocenters. The fourth-order valence-electron chi connectivity index (χ4n) is 1.83. The SMILES string of the molecule is CC(C)(C)c1ccc(NCc2ccncc2Cl)cc1. The first kappa shape index (κ1) is 13.9. The molecule has 2 aromatic rings. The molecule has 1 heterocycles. The lowest BCUT2D eigenvalue weighted by atomic mass is 9.87. The predicted octanol–water partition coefficient (Wildman–Crippen LogP) is 4.64. The fourth-order valence-corrected chi connectivity index (χ4v) is 2.02. The Morgan fingerprint density at radius 3 is 2.37 bits per heavy atom. The van der Waals surface area contributed by atoms with Gasteiger partial charge in [-0.3, -0.25) is 4.98 Å². The zero-order valence-corrected chi connectivity index (χ0v) is 12.3. The van der Waals surface area contributed by atoms with Crippen molar-refractivity contribution in [2.24, 2.45) is 0 Å². The zero-order valence-electron chi connectivity index (χ0n) is 11.6. The summed E-state index contributed by atoms with van der Waals surface area (Å²) in [6.45, 7) is 7.35. The minimum Gasteiger partial charge on any atom is -0.381 e. The predicted molar refractivity (Wildman–Crippen MR) is 81.7 cm³/mol. The number of aromatic nitrogens is 1. The number of nitrogens with zero attached hydrogens (tertiary/aromatic N) is 1. The molecule has 1 N–H and O–H groups in total. The van der Waals surface area contributed by atoms with Gasteiger partial charge in [-0.25, -0.2) is 0 Å². The van der Waals surface area contributed by atoms with Gasteiger partial charge in [-0.15, -0.1) is 0 Å². The highest BCUT2D eigenvalue weighted by atomic mass is 35.5. The van der Waals surface area contributed by atoms with Gasteiger partial charge in [0.25, 0.3) is 0 Å². The van der Waals surface area contributed by atoms with Crippen molar-refractivity contribution in [1.29, 1.82) is 0 Å². The number of halogens is 1. The molecule has 19 heavy (non-hydrogen) atoms. The molecule has 0 saturated carbocycles. The molecule has 0 bridgehead atoms. The third kappa shape index (κ3) is 3.71. The number of pyridine rings is 1. The van der Waals surface area contributed by atoms with Crippen molar-refractivity contribution in [3.05, 3.63) is 58.9 Å². The van der Waals surface area contributed by atoms with Gasteiger partial charge in [-0.2, -0.15) is 0 Å². The van der Waals surface area contributed by atoms with Gasteiger partial charge < -0.3 is 5.32 Å². The smallest absolute Gasteiger partial charge is 0.0639 e. The first-order chi connectivity index (χ1) is 8.97. The van der Waals surface area contributed by atoms with E-state index in [1.807, 2.05) is 6.07 Å². The molecule has 0 aliphatic heterocycles. The van der Waals surface area contributed by atoms with Crippen LogP contribution < -0.4 is 5.32 Å². The molecular weight excluding hydrogens is 256 g/mol. The summed E-state index contributed by atoms with van der Waals surface area (Å²) in [6.07, 6.45) is 3.42. The van der Waals surface area contributed by atoms with E-state index in [-0.39, 0.29) is 5.41 Å². The van der Waals surface area contributed by atoms with Gasteiger partial charge >= 0.3 is 0 Å². The van der Waals surface area contributed by atoms with Crippen molar-refractivity contribution < 1.29 is 0 Å². The van der Waals surface area contributed by atoms with Crippen molar-refractivity contribution in [3.8, 4) is 0 Å². The first-order valence-electron chi connectivity index (χ1n) is 6.39. The Balaban J connectivity index is 2.03. The Kier molecular flexibility index (Phi) is 4.11. The summed E-state index contributed by atoms with van der Waals surface area (Å²) in [5.74, 6) is 0. The second kappa shape index (κ2) is 5.62. The van der Waals surface area contributed by atoms with Crippen molar-refractivity contribution in [3.63, 3.8) is 0 Å². The Morgan fingerprint density at radius 2 is 1.79 bits per heavy atom. The lowest BCUT2D eigenvalue weighted by Crippen LogP contribution is -2.10. The lowest BCUT2D eigenvalue weighted by molar-refractivity contribution is 0.590. The van der Waals surface area contributed by atoms with E-state index in [0.29, 0.717) is 11.6 Å². The van der Waals surface area contributed by atoms with E-state index in [1.54, 1.807) is 12.4 Å². The minimum absolute atomic E-state index is 0.187. The fraction of sp³-hybridized carbons (Fsp3) is 0.312. The molecule has 2 nitrogen and oxygen atoms in total. The van der Waals surface area contributed by atoms with E-state index in [4.69, 9.17) is 11.6 Å². The van der Waals surface area contributed by atoms with Gasteiger partial charge in [0, 0.05) is 24.6 Å². The van der Waals surface area contributed by atoms with Crippen LogP contribution in [0.2, 0.25) is 5.02 Å². The first-order valence-corrected chi connectivity index (χ1v) is 6.77. The number of nitrogens with one attached hydrogen (secondary N) is 1. The maximum atomic E-state index is 6.07. The molecular formula is C16H19ClN2. The lowest BCUT2D eigenvalue weighted by Gasteiger charge is -2.19. The van der Waals surface area contributed by atoms with Gasteiger partial charge in [0.15, 0.2) is 0 Å². The molecule has 0 atom stereocenters. The van der Waals surface area contributed by atoms with Gasteiger partial charge in [-0.1, -0.05) is 44.5 Å². The molecule has 0 saturated heterocycles. The van der Waals surface area contributed by atoms with E-state index in [9.17, 15) is 0 Å². The van der Waals surface area contributed by atoms with Crippen LogP contribution >= 0.6 is 11.6 Å². The Morgan fingerprint density at radius 1 is 1.11 bits per heavy atom. The van der Waals surface area contributed by atoms with Crippen molar-refractivity contribution in [2.45, 2.75) is 32.7 Å². The molecule has 0 aliphatic carbocycles. The van der Waals surface area contributed by atoms with Crippen LogP contribution in [0.4, 0.5) is 5.69 Å². The van der Waals surface area contributed by atoms with Gasteiger partial charge in [-0.05, 0) is 34.7 Å². The monoisotopic (exact) mass is 274 g/mol. The summed E-state index contributed by atoms with van der Waals surface area (Å²) in [4.78, 5) is 3.98. The Hall–Kier alpha value is -1.54. The quantitative estimate of drug-likeness (QED) is 0.882. The topological polar surface area (TPSA) is 24.9 Å². The molecule has 0 amide bonds. The summed E-state index contributed by atoms with van der Waals surface area (Å²) in [5, 5.41) is 4.06. The average Bonchev–Trinajstić information content (AvgIpc) is 2.37. The number of anilines is 1. The Labute approximate surface area is 119 Å². The number of benzene rings is 1. The number of hydrogen-bond donors (Lipinski definition) is 1. The summed E-state index contributed by atoms with van der Waals surface area (Å²) in [7, 11) is 0. The third-order valence-electron chi connectivity index (χ3n) is 3.09. The zero-order chi connectivity index (χ0) is 13.9. The standard InChI is InChI=1S/C16H19ClN2/c1-16(2,3)13-4-6-14(7-5-13)19-10-12-8-9-18-11-15(12)17/h4-9,11,19H,10H2,1-3H3. The van der Waals surface area contributed by atoms with E-state index < -0.39 is 0 Å². The summed E-state index contributed by atoms with van der Waals surface area (Å²) >= 11 is 6.07. The number of rotatable bonds is 3. The molecule has 1 aromatic heterocycles. The highest BCUT2D eigenvalue weighted by molar-refractivity contribution is 6.31. The van der Waals surface area contributed by atoms with Gasteiger partial charge in [0.05, 0.1) is 5.02 Å². The van der Waals surface area contributed by atoms with E-state index in [0.717, 1.165) is 11.3 Å². The normalized spacial score (nSPS) is 11.4. The van der Waals surface area contributed by atoms with Crippen molar-refractivity contribution in [1.82, 2.24) is 4.98 Å². The third-order valence-corrected chi connectivity index (χ3v) is 3.43. The molecule has 1 aromatic carbocycles. The van der Waals surface area contributed by atoms with Crippen LogP contribution in [0.15, 0.2) is 42.7 Å². The number of hydrogen-bond acceptors (Lipinski definition) is 2.